The van der Waals surface area contributed by atoms with Crippen LogP contribution < -0.4 is 0 Å². The Balaban J connectivity index is 0.000000267. The molecule has 0 saturated heterocycles. The molecule has 2 nitrogen and oxygen atoms in total. The maximum Gasteiger partial charge on any atom is 2.00 e. The number of hydrogen-bond donors (Lipinski definition) is 0. The van der Waals surface area contributed by atoms with Crippen LogP contribution in [0.5, 0.6) is 0 Å². The summed E-state index contributed by atoms with van der Waals surface area (Å²) in [5.41, 5.74) is 10.6. The third-order valence-electron chi connectivity index (χ3n) is 7.73. The van der Waals surface area contributed by atoms with Gasteiger partial charge in [-0.25, -0.2) is 0 Å². The molecule has 0 amide bonds. The summed E-state index contributed by atoms with van der Waals surface area (Å²) in [7, 11) is 0. The van der Waals surface area contributed by atoms with Gasteiger partial charge in [0.15, 0.2) is 0 Å². The van der Waals surface area contributed by atoms with Gasteiger partial charge in [0, 0.05) is 0 Å². The molecule has 2 aliphatic rings. The van der Waals surface area contributed by atoms with E-state index in [9.17, 15) is 0 Å². The summed E-state index contributed by atoms with van der Waals surface area (Å²) in [5.74, 6) is 2.12. The van der Waals surface area contributed by atoms with Crippen molar-refractivity contribution in [3.63, 3.8) is 0 Å². The van der Waals surface area contributed by atoms with Crippen LogP contribution in [0.15, 0.2) is 59.9 Å². The van der Waals surface area contributed by atoms with Gasteiger partial charge < -0.3 is 10.6 Å². The van der Waals surface area contributed by atoms with E-state index in [4.69, 9.17) is 10.6 Å². The fourth-order valence-electron chi connectivity index (χ4n) is 5.41. The summed E-state index contributed by atoms with van der Waals surface area (Å²) >= 11 is 0. The van der Waals surface area contributed by atoms with Gasteiger partial charge in [0.05, 0.1) is 0 Å². The number of rotatable bonds is 8. The maximum absolute atomic E-state index is 5.02. The van der Waals surface area contributed by atoms with E-state index in [-0.39, 0.29) is 17.4 Å². The Morgan fingerprint density at radius 1 is 0.487 bits per heavy atom. The SMILES string of the molecule is CC(C)c1cccc(C(C)C)c1[N-]C1=CCCCC1.CC(C)c1cccc(C(C)C)c1[N-]C1=CCCCC1.[Cr+2]. The predicted molar refractivity (Wildman–Crippen MR) is 168 cm³/mol. The maximum atomic E-state index is 5.02. The molecule has 2 aromatic rings. The van der Waals surface area contributed by atoms with Crippen LogP contribution >= 0.6 is 0 Å². The van der Waals surface area contributed by atoms with Crippen LogP contribution in [0.25, 0.3) is 10.6 Å². The number of nitrogens with zero attached hydrogens (tertiary/aromatic N) is 2. The van der Waals surface area contributed by atoms with E-state index < -0.39 is 0 Å². The summed E-state index contributed by atoms with van der Waals surface area (Å²) in [4.78, 5) is 0. The largest absolute Gasteiger partial charge is 2.00 e. The van der Waals surface area contributed by atoms with Gasteiger partial charge in [0.2, 0.25) is 0 Å². The molecule has 0 fully saturated rings. The van der Waals surface area contributed by atoms with Gasteiger partial charge in [0.1, 0.15) is 0 Å². The Hall–Kier alpha value is -1.95. The minimum Gasteiger partial charge on any atom is -0.661 e. The Kier molecular flexibility index (Phi) is 13.9. The normalized spacial score (nSPS) is 15.4. The monoisotopic (exact) mass is 564 g/mol. The molecule has 0 bridgehead atoms. The molecule has 0 saturated carbocycles. The van der Waals surface area contributed by atoms with Crippen LogP contribution in [0.1, 0.15) is 153 Å². The number of benzene rings is 2. The standard InChI is InChI=1S/2C18H26N.Cr/c2*1-13(2)16-11-8-12-17(14(3)4)18(16)19-15-9-6-5-7-10-15;/h2*8-9,11-14H,5-7,10H2,1-4H3;/q2*-1;+2. The van der Waals surface area contributed by atoms with E-state index in [0.29, 0.717) is 23.7 Å². The minimum atomic E-state index is 0. The van der Waals surface area contributed by atoms with Gasteiger partial charge in [-0.1, -0.05) is 127 Å². The van der Waals surface area contributed by atoms with Gasteiger partial charge in [-0.05, 0) is 62.2 Å². The molecule has 0 aliphatic heterocycles. The van der Waals surface area contributed by atoms with Gasteiger partial charge >= 0.3 is 17.4 Å². The minimum absolute atomic E-state index is 0. The fourth-order valence-corrected chi connectivity index (χ4v) is 5.41. The van der Waals surface area contributed by atoms with Crippen molar-refractivity contribution in [2.75, 3.05) is 0 Å². The van der Waals surface area contributed by atoms with Crippen molar-refractivity contribution >= 4 is 11.4 Å². The van der Waals surface area contributed by atoms with E-state index >= 15 is 0 Å². The summed E-state index contributed by atoms with van der Waals surface area (Å²) in [6, 6.07) is 13.3. The van der Waals surface area contributed by atoms with Crippen molar-refractivity contribution in [3.8, 4) is 0 Å². The smallest absolute Gasteiger partial charge is 0.661 e. The molecular formula is C36H52CrN2. The molecule has 3 heteroatoms. The number of para-hydroxylation sites is 2. The van der Waals surface area contributed by atoms with Crippen LogP contribution in [0.4, 0.5) is 11.4 Å². The molecular weight excluding hydrogens is 512 g/mol. The van der Waals surface area contributed by atoms with Gasteiger partial charge in [-0.2, -0.15) is 11.4 Å². The van der Waals surface area contributed by atoms with Crippen molar-refractivity contribution in [2.45, 2.75) is 130 Å². The van der Waals surface area contributed by atoms with Gasteiger partial charge in [-0.15, -0.1) is 23.5 Å². The predicted octanol–water partition coefficient (Wildman–Crippen LogP) is 12.8. The molecule has 0 spiro atoms. The number of hydrogen-bond acceptors (Lipinski definition) is 0. The van der Waals surface area contributed by atoms with Crippen LogP contribution in [-0.2, 0) is 17.4 Å². The second kappa shape index (κ2) is 16.3. The Labute approximate surface area is 251 Å². The molecule has 2 aliphatic carbocycles. The third-order valence-corrected chi connectivity index (χ3v) is 7.73. The van der Waals surface area contributed by atoms with Crippen molar-refractivity contribution in [2.24, 2.45) is 0 Å². The van der Waals surface area contributed by atoms with Crippen molar-refractivity contribution in [1.29, 1.82) is 0 Å². The van der Waals surface area contributed by atoms with E-state index in [2.05, 4.69) is 104 Å². The Morgan fingerprint density at radius 3 is 1.03 bits per heavy atom. The van der Waals surface area contributed by atoms with E-state index in [1.165, 1.54) is 83.5 Å². The fraction of sp³-hybridized carbons (Fsp3) is 0.556. The molecule has 0 radical (unpaired) electrons. The molecule has 39 heavy (non-hydrogen) atoms. The van der Waals surface area contributed by atoms with Crippen molar-refractivity contribution in [1.82, 2.24) is 0 Å². The zero-order valence-electron chi connectivity index (χ0n) is 25.9. The third kappa shape index (κ3) is 9.58. The van der Waals surface area contributed by atoms with E-state index in [1.54, 1.807) is 0 Å². The molecule has 0 atom stereocenters. The molecule has 2 aromatic carbocycles. The molecule has 212 valence electrons. The van der Waals surface area contributed by atoms with E-state index in [1.807, 2.05) is 0 Å². The topological polar surface area (TPSA) is 28.2 Å². The van der Waals surface area contributed by atoms with E-state index in [0.717, 1.165) is 12.8 Å². The summed E-state index contributed by atoms with van der Waals surface area (Å²) in [5, 5.41) is 10.0. The second-order valence-electron chi connectivity index (χ2n) is 12.3. The first-order valence-corrected chi connectivity index (χ1v) is 15.3. The summed E-state index contributed by atoms with van der Waals surface area (Å²) < 4.78 is 0. The average molecular weight is 565 g/mol. The summed E-state index contributed by atoms with van der Waals surface area (Å²) in [6.45, 7) is 18.1. The number of allylic oxidation sites excluding steroid dienone is 4. The Morgan fingerprint density at radius 2 is 0.795 bits per heavy atom. The Bertz CT molecular complexity index is 951. The zero-order valence-corrected chi connectivity index (χ0v) is 27.2. The van der Waals surface area contributed by atoms with Gasteiger partial charge in [0.25, 0.3) is 0 Å². The van der Waals surface area contributed by atoms with Gasteiger partial charge in [-0.3, -0.25) is 0 Å². The molecule has 0 unspecified atom stereocenters. The van der Waals surface area contributed by atoms with Crippen LogP contribution in [0.3, 0.4) is 0 Å². The average Bonchev–Trinajstić information content (AvgIpc) is 2.90. The molecule has 0 heterocycles. The van der Waals surface area contributed by atoms with Crippen LogP contribution in [-0.4, -0.2) is 0 Å². The molecule has 4 rings (SSSR count). The quantitative estimate of drug-likeness (QED) is 0.305. The van der Waals surface area contributed by atoms with Crippen LogP contribution in [0, 0.1) is 0 Å². The van der Waals surface area contributed by atoms with Crippen LogP contribution in [0.2, 0.25) is 0 Å². The molecule has 0 N–H and O–H groups in total. The second-order valence-corrected chi connectivity index (χ2v) is 12.3. The summed E-state index contributed by atoms with van der Waals surface area (Å²) in [6.07, 6.45) is 14.5. The first-order valence-electron chi connectivity index (χ1n) is 15.3. The first-order chi connectivity index (χ1) is 18.2. The first kappa shape index (κ1) is 33.3. The van der Waals surface area contributed by atoms with Crippen molar-refractivity contribution < 1.29 is 17.4 Å². The molecule has 0 aromatic heterocycles. The van der Waals surface area contributed by atoms with Crippen molar-refractivity contribution in [3.05, 3.63) is 92.8 Å². The zero-order chi connectivity index (χ0) is 27.7.